The second kappa shape index (κ2) is 12.5. The van der Waals surface area contributed by atoms with Gasteiger partial charge in [-0.3, -0.25) is 0 Å². The van der Waals surface area contributed by atoms with E-state index >= 15 is 0 Å². The minimum Gasteiger partial charge on any atom is -1.00 e. The van der Waals surface area contributed by atoms with Crippen LogP contribution < -0.4 is 38.7 Å². The molecule has 0 fully saturated rings. The van der Waals surface area contributed by atoms with Gasteiger partial charge in [0.15, 0.2) is 24.8 Å². The van der Waals surface area contributed by atoms with E-state index in [1.54, 1.807) is 33.9 Å². The van der Waals surface area contributed by atoms with E-state index in [1.807, 2.05) is 84.9 Å². The van der Waals surface area contributed by atoms with Crippen LogP contribution in [0.5, 0.6) is 11.5 Å². The van der Waals surface area contributed by atoms with Crippen LogP contribution in [0.1, 0.15) is 20.7 Å². The molecule has 0 atom stereocenters. The van der Waals surface area contributed by atoms with E-state index in [0.717, 1.165) is 11.1 Å². The summed E-state index contributed by atoms with van der Waals surface area (Å²) in [5, 5.41) is 0. The van der Waals surface area contributed by atoms with Gasteiger partial charge in [-0.1, -0.05) is 36.4 Å². The molecule has 2 heterocycles. The quantitative estimate of drug-likeness (QED) is 0.295. The lowest BCUT2D eigenvalue weighted by atomic mass is 10.1. The highest BCUT2D eigenvalue weighted by molar-refractivity contribution is 5.70. The monoisotopic (exact) mass is 480 g/mol. The van der Waals surface area contributed by atoms with Gasteiger partial charge in [0.05, 0.1) is 12.8 Å². The summed E-state index contributed by atoms with van der Waals surface area (Å²) >= 11 is 0. The van der Waals surface area contributed by atoms with Gasteiger partial charge < -0.3 is 29.6 Å². The molecule has 0 saturated carbocycles. The van der Waals surface area contributed by atoms with Crippen molar-refractivity contribution in [1.29, 1.82) is 0 Å². The molecule has 5 nitrogen and oxygen atoms in total. The number of hydrogen-bond acceptors (Lipinski definition) is 3. The summed E-state index contributed by atoms with van der Waals surface area (Å²) in [6, 6.07) is 26.0. The smallest absolute Gasteiger partial charge is 0.396 e. The molecule has 0 aliphatic rings. The third kappa shape index (κ3) is 7.24. The van der Waals surface area contributed by atoms with Crippen molar-refractivity contribution in [1.82, 2.24) is 0 Å². The van der Waals surface area contributed by atoms with E-state index in [1.165, 1.54) is 0 Å². The average Bonchev–Trinajstić information content (AvgIpc) is 2.82. The highest BCUT2D eigenvalue weighted by Crippen LogP contribution is 2.22. The highest BCUT2D eigenvalue weighted by Gasteiger charge is 2.15. The summed E-state index contributed by atoms with van der Waals surface area (Å²) in [5.41, 5.74) is 1.84. The molecular formula is C26H22Cl2N2O3. The van der Waals surface area contributed by atoms with Crippen LogP contribution in [0.4, 0.5) is 0 Å². The first-order chi connectivity index (χ1) is 15.2. The Balaban J connectivity index is 0.00000193. The first-order valence-electron chi connectivity index (χ1n) is 10.0. The fourth-order valence-corrected chi connectivity index (χ4v) is 3.15. The van der Waals surface area contributed by atoms with E-state index in [9.17, 15) is 9.59 Å². The molecule has 0 spiro atoms. The Kier molecular flexibility index (Phi) is 9.73. The number of benzene rings is 2. The summed E-state index contributed by atoms with van der Waals surface area (Å²) in [7, 11) is 0. The van der Waals surface area contributed by atoms with Crippen molar-refractivity contribution >= 4 is 11.8 Å². The third-order valence-corrected chi connectivity index (χ3v) is 4.80. The molecule has 7 heteroatoms. The van der Waals surface area contributed by atoms with Crippen molar-refractivity contribution in [3.05, 3.63) is 121 Å². The predicted molar refractivity (Wildman–Crippen MR) is 115 cm³/mol. The molecular weight excluding hydrogens is 459 g/mol. The molecule has 0 radical (unpaired) electrons. The van der Waals surface area contributed by atoms with E-state index in [2.05, 4.69) is 0 Å². The maximum absolute atomic E-state index is 12.3. The van der Waals surface area contributed by atoms with Gasteiger partial charge in [0.1, 0.15) is 11.5 Å². The van der Waals surface area contributed by atoms with E-state index in [0.29, 0.717) is 24.3 Å². The predicted octanol–water partition coefficient (Wildman–Crippen LogP) is -2.17. The maximum Gasteiger partial charge on any atom is 0.396 e. The van der Waals surface area contributed by atoms with E-state index < -0.39 is 0 Å². The molecule has 2 aromatic heterocycles. The van der Waals surface area contributed by atoms with Crippen LogP contribution in [0.25, 0.3) is 0 Å². The van der Waals surface area contributed by atoms with Gasteiger partial charge in [-0.2, -0.15) is 0 Å². The topological polar surface area (TPSA) is 51.1 Å². The molecule has 2 aromatic carbocycles. The Hall–Kier alpha value is -3.54. The molecule has 33 heavy (non-hydrogen) atoms. The van der Waals surface area contributed by atoms with Gasteiger partial charge in [-0.25, -0.2) is 9.59 Å². The second-order valence-electron chi connectivity index (χ2n) is 7.10. The first-order valence-corrected chi connectivity index (χ1v) is 10.0. The van der Waals surface area contributed by atoms with Crippen LogP contribution in [-0.2, 0) is 12.8 Å². The number of carbonyl (C=O) groups is 2. The Labute approximate surface area is 205 Å². The molecule has 0 saturated heterocycles. The molecule has 0 bridgehead atoms. The number of rotatable bonds is 6. The normalized spacial score (nSPS) is 9.82. The van der Waals surface area contributed by atoms with Crippen molar-refractivity contribution in [3.63, 3.8) is 0 Å². The lowest BCUT2D eigenvalue weighted by Crippen LogP contribution is -3.00. The highest BCUT2D eigenvalue weighted by atomic mass is 35.5. The van der Waals surface area contributed by atoms with E-state index in [-0.39, 0.29) is 36.6 Å². The summed E-state index contributed by atoms with van der Waals surface area (Å²) in [6.07, 6.45) is 7.62. The molecule has 0 amide bonds. The van der Waals surface area contributed by atoms with Crippen molar-refractivity contribution in [2.24, 2.45) is 0 Å². The van der Waals surface area contributed by atoms with Crippen molar-refractivity contribution in [2.45, 2.75) is 12.8 Å². The van der Waals surface area contributed by atoms with Gasteiger partial charge in [-0.05, 0) is 35.4 Å². The van der Waals surface area contributed by atoms with Gasteiger partial charge in [0.25, 0.3) is 0 Å². The number of ether oxygens (including phenoxy) is 1. The number of pyridine rings is 2. The average molecular weight is 481 g/mol. The van der Waals surface area contributed by atoms with Crippen LogP contribution >= 0.6 is 0 Å². The maximum atomic E-state index is 12.3. The van der Waals surface area contributed by atoms with Crippen LogP contribution in [0.15, 0.2) is 110 Å². The van der Waals surface area contributed by atoms with Gasteiger partial charge >= 0.3 is 11.8 Å². The molecule has 4 rings (SSSR count). The lowest BCUT2D eigenvalue weighted by molar-refractivity contribution is -0.574. The second-order valence-corrected chi connectivity index (χ2v) is 7.10. The Bertz CT molecular complexity index is 1070. The van der Waals surface area contributed by atoms with Crippen molar-refractivity contribution in [3.8, 4) is 11.5 Å². The fourth-order valence-electron chi connectivity index (χ4n) is 3.15. The molecule has 168 valence electrons. The minimum atomic E-state index is 0. The molecule has 0 aliphatic carbocycles. The Morgan fingerprint density at radius 3 is 1.21 bits per heavy atom. The SMILES string of the molecule is O=C(Cc1ccc(Oc2ccc(CC(=O)[n+]3ccccc3)cc2)cc1)[n+]1ccccc1.[Cl-].[Cl-]. The van der Waals surface area contributed by atoms with E-state index in [4.69, 9.17) is 4.74 Å². The number of aromatic nitrogens is 2. The van der Waals surface area contributed by atoms with Crippen molar-refractivity contribution < 1.29 is 48.3 Å². The number of hydrogen-bond donors (Lipinski definition) is 0. The Morgan fingerprint density at radius 1 is 0.545 bits per heavy atom. The zero-order valence-corrected chi connectivity index (χ0v) is 19.2. The zero-order chi connectivity index (χ0) is 21.5. The lowest BCUT2D eigenvalue weighted by Gasteiger charge is -2.07. The van der Waals surface area contributed by atoms with Crippen molar-refractivity contribution in [2.75, 3.05) is 0 Å². The van der Waals surface area contributed by atoms with Gasteiger partial charge in [0, 0.05) is 24.3 Å². The van der Waals surface area contributed by atoms with Crippen LogP contribution in [0, 0.1) is 0 Å². The zero-order valence-electron chi connectivity index (χ0n) is 17.7. The Morgan fingerprint density at radius 2 is 0.879 bits per heavy atom. The standard InChI is InChI=1S/C26H22N2O3.2ClH/c29-25(27-15-3-1-4-16-27)19-21-7-11-23(12-8-21)31-24-13-9-22(10-14-24)20-26(30)28-17-5-2-6-18-28;;/h1-18H,19-20H2;2*1H/q+2;;/p-2. The molecule has 0 unspecified atom stereocenters. The van der Waals surface area contributed by atoms with Gasteiger partial charge in [-0.15, -0.1) is 9.13 Å². The number of carbonyl (C=O) groups excluding carboxylic acids is 2. The summed E-state index contributed by atoms with van der Waals surface area (Å²) < 4.78 is 9.04. The number of halogens is 2. The third-order valence-electron chi connectivity index (χ3n) is 4.80. The van der Waals surface area contributed by atoms with Crippen LogP contribution in [0.2, 0.25) is 0 Å². The summed E-state index contributed by atoms with van der Waals surface area (Å²) in [4.78, 5) is 24.6. The molecule has 0 aliphatic heterocycles. The van der Waals surface area contributed by atoms with Gasteiger partial charge in [0.2, 0.25) is 0 Å². The summed E-state index contributed by atoms with van der Waals surface area (Å²) in [5.74, 6) is 1.39. The first kappa shape index (κ1) is 25.7. The molecule has 4 aromatic rings. The fraction of sp³-hybridized carbons (Fsp3) is 0.0769. The van der Waals surface area contributed by atoms with Crippen LogP contribution in [-0.4, -0.2) is 11.8 Å². The largest absolute Gasteiger partial charge is 1.00 e. The van der Waals surface area contributed by atoms with Crippen LogP contribution in [0.3, 0.4) is 0 Å². The number of nitrogens with zero attached hydrogens (tertiary/aromatic N) is 2. The summed E-state index contributed by atoms with van der Waals surface area (Å²) in [6.45, 7) is 0. The minimum absolute atomic E-state index is 0. The molecule has 0 N–H and O–H groups in total.